The smallest absolute Gasteiger partial charge is 0.247 e. The van der Waals surface area contributed by atoms with E-state index in [1.165, 1.54) is 11.3 Å². The maximum absolute atomic E-state index is 7.53. The number of nitrogens with zero attached hydrogens (tertiary/aromatic N) is 1. The number of aromatic nitrogens is 1. The average molecular weight is 390 g/mol. The summed E-state index contributed by atoms with van der Waals surface area (Å²) in [7, 11) is 0. The molecule has 0 unspecified atom stereocenters. The molecule has 0 amide bonds. The molecule has 1 rings (SSSR count). The van der Waals surface area contributed by atoms with Crippen LogP contribution in [-0.2, 0) is 0 Å². The molecule has 3 nitrogen and oxygen atoms in total. The number of hydrogen-bond acceptors (Lipinski definition) is 3. The van der Waals surface area contributed by atoms with Crippen molar-refractivity contribution in [1.29, 1.82) is 5.41 Å². The van der Waals surface area contributed by atoms with Crippen LogP contribution in [0.1, 0.15) is 0 Å². The molecule has 0 aliphatic heterocycles. The topological polar surface area (TPSA) is 48.8 Å². The molecule has 0 atom stereocenters. The van der Waals surface area contributed by atoms with Crippen molar-refractivity contribution in [3.63, 3.8) is 0 Å². The van der Waals surface area contributed by atoms with E-state index < -0.39 is 3.79 Å². The van der Waals surface area contributed by atoms with Gasteiger partial charge in [0.05, 0.1) is 9.88 Å². The summed E-state index contributed by atoms with van der Waals surface area (Å²) in [4.78, 5) is 4.15. The van der Waals surface area contributed by atoms with Crippen molar-refractivity contribution in [2.45, 2.75) is 3.79 Å². The Morgan fingerprint density at radius 3 is 2.78 bits per heavy atom. The molecule has 0 aromatic carbocycles. The Bertz CT molecular complexity index is 562. The highest BCUT2D eigenvalue weighted by Gasteiger charge is 2.27. The van der Waals surface area contributed by atoms with Crippen LogP contribution >= 0.6 is 62.1 Å². The minimum absolute atomic E-state index is 0.246. The molecular weight excluding hydrogens is 380 g/mol. The molecular formula is C10H9BrCl3N3S. The first-order valence-electron chi connectivity index (χ1n) is 4.66. The minimum Gasteiger partial charge on any atom is -0.317 e. The van der Waals surface area contributed by atoms with Gasteiger partial charge in [-0.15, -0.1) is 0 Å². The van der Waals surface area contributed by atoms with Crippen molar-refractivity contribution < 1.29 is 0 Å². The first-order chi connectivity index (χ1) is 8.34. The fraction of sp³-hybridized carbons (Fsp3) is 0.200. The molecule has 0 spiro atoms. The van der Waals surface area contributed by atoms with E-state index in [-0.39, 0.29) is 5.84 Å². The van der Waals surface area contributed by atoms with Gasteiger partial charge in [-0.3, -0.25) is 5.41 Å². The van der Waals surface area contributed by atoms with E-state index in [0.29, 0.717) is 10.5 Å². The molecule has 2 N–H and O–H groups in total. The highest BCUT2D eigenvalue weighted by molar-refractivity contribution is 9.09. The van der Waals surface area contributed by atoms with Crippen molar-refractivity contribution in [3.05, 3.63) is 22.0 Å². The van der Waals surface area contributed by atoms with E-state index in [9.17, 15) is 0 Å². The third-order valence-electron chi connectivity index (χ3n) is 1.72. The van der Waals surface area contributed by atoms with Crippen molar-refractivity contribution >= 4 is 85.7 Å². The van der Waals surface area contributed by atoms with Gasteiger partial charge in [-0.2, -0.15) is 0 Å². The van der Waals surface area contributed by atoms with Crippen LogP contribution in [0.25, 0.3) is 12.7 Å². The van der Waals surface area contributed by atoms with Crippen LogP contribution < -0.4 is 15.2 Å². The maximum atomic E-state index is 7.53. The lowest BCUT2D eigenvalue weighted by molar-refractivity contribution is 1.29. The van der Waals surface area contributed by atoms with Gasteiger partial charge >= 0.3 is 0 Å². The Labute approximate surface area is 132 Å². The van der Waals surface area contributed by atoms with E-state index in [1.807, 2.05) is 18.2 Å². The minimum atomic E-state index is -1.78. The van der Waals surface area contributed by atoms with Gasteiger partial charge in [-0.1, -0.05) is 80.8 Å². The van der Waals surface area contributed by atoms with E-state index in [0.717, 1.165) is 9.86 Å². The van der Waals surface area contributed by atoms with Gasteiger partial charge in [0, 0.05) is 5.33 Å². The van der Waals surface area contributed by atoms with Crippen molar-refractivity contribution in [1.82, 2.24) is 4.98 Å². The number of nitrogens with one attached hydrogen (secondary N) is 2. The number of alkyl halides is 4. The predicted molar refractivity (Wildman–Crippen MR) is 85.9 cm³/mol. The van der Waals surface area contributed by atoms with E-state index in [1.54, 1.807) is 0 Å². The fourth-order valence-corrected chi connectivity index (χ4v) is 2.12. The molecule has 0 aliphatic rings. The summed E-state index contributed by atoms with van der Waals surface area (Å²) in [5.74, 6) is -0.246. The Kier molecular flexibility index (Phi) is 6.14. The molecule has 0 fully saturated rings. The van der Waals surface area contributed by atoms with Gasteiger partial charge in [0.15, 0.2) is 11.0 Å². The molecule has 0 bridgehead atoms. The Hall–Kier alpha value is -0.0700. The van der Waals surface area contributed by atoms with Gasteiger partial charge < -0.3 is 5.32 Å². The fourth-order valence-electron chi connectivity index (χ4n) is 0.932. The van der Waals surface area contributed by atoms with Crippen LogP contribution in [0, 0.1) is 5.41 Å². The molecule has 1 aromatic rings. The molecule has 18 heavy (non-hydrogen) atoms. The molecule has 0 saturated carbocycles. The number of thiazole rings is 1. The summed E-state index contributed by atoms with van der Waals surface area (Å²) >= 11 is 21.3. The lowest BCUT2D eigenvalue weighted by Crippen LogP contribution is -2.26. The molecule has 98 valence electrons. The van der Waals surface area contributed by atoms with Crippen molar-refractivity contribution in [3.8, 4) is 0 Å². The number of anilines is 1. The lowest BCUT2D eigenvalue weighted by atomic mass is 10.5. The van der Waals surface area contributed by atoms with Gasteiger partial charge in [-0.25, -0.2) is 4.98 Å². The summed E-state index contributed by atoms with van der Waals surface area (Å²) in [6.45, 7) is 3.80. The first kappa shape index (κ1) is 16.0. The van der Waals surface area contributed by atoms with Crippen LogP contribution in [0.5, 0.6) is 0 Å². The second kappa shape index (κ2) is 6.91. The third-order valence-corrected chi connectivity index (χ3v) is 3.63. The molecule has 0 aliphatic carbocycles. The Morgan fingerprint density at radius 1 is 1.56 bits per heavy atom. The first-order valence-corrected chi connectivity index (χ1v) is 7.73. The van der Waals surface area contributed by atoms with Crippen LogP contribution in [0.4, 0.5) is 5.13 Å². The van der Waals surface area contributed by atoms with Gasteiger partial charge in [0.1, 0.15) is 0 Å². The highest BCUT2D eigenvalue weighted by Crippen LogP contribution is 2.27. The summed E-state index contributed by atoms with van der Waals surface area (Å²) in [6, 6.07) is 0. The Morgan fingerprint density at radius 2 is 2.22 bits per heavy atom. The maximum Gasteiger partial charge on any atom is 0.247 e. The quantitative estimate of drug-likeness (QED) is 0.474. The molecule has 0 radical (unpaired) electrons. The van der Waals surface area contributed by atoms with Crippen molar-refractivity contribution in [2.75, 3.05) is 10.6 Å². The zero-order chi connectivity index (χ0) is 13.8. The summed E-state index contributed by atoms with van der Waals surface area (Å²) in [5, 5.41) is 12.0. The normalized spacial score (nSPS) is 13.2. The van der Waals surface area contributed by atoms with E-state index in [4.69, 9.17) is 40.2 Å². The molecule has 1 aromatic heterocycles. The Balaban J connectivity index is 2.92. The third kappa shape index (κ3) is 4.90. The van der Waals surface area contributed by atoms with Gasteiger partial charge in [0.25, 0.3) is 0 Å². The average Bonchev–Trinajstić information content (AvgIpc) is 2.58. The predicted octanol–water partition coefficient (Wildman–Crippen LogP) is 3.04. The number of amidine groups is 1. The van der Waals surface area contributed by atoms with Crippen LogP contribution in [-0.4, -0.2) is 19.9 Å². The van der Waals surface area contributed by atoms with Crippen molar-refractivity contribution in [2.24, 2.45) is 0 Å². The number of halogens is 4. The van der Waals surface area contributed by atoms with Gasteiger partial charge in [-0.05, 0) is 6.08 Å². The second-order valence-electron chi connectivity index (χ2n) is 3.08. The second-order valence-corrected chi connectivity index (χ2v) is 7.04. The summed E-state index contributed by atoms with van der Waals surface area (Å²) < 4.78 is -0.904. The molecule has 1 heterocycles. The van der Waals surface area contributed by atoms with Crippen LogP contribution in [0.3, 0.4) is 0 Å². The number of hydrogen-bond donors (Lipinski definition) is 2. The van der Waals surface area contributed by atoms with E-state index in [2.05, 4.69) is 32.8 Å². The van der Waals surface area contributed by atoms with Gasteiger partial charge in [0.2, 0.25) is 3.79 Å². The molecule has 8 heteroatoms. The van der Waals surface area contributed by atoms with E-state index >= 15 is 0 Å². The van der Waals surface area contributed by atoms with Crippen LogP contribution in [0.2, 0.25) is 0 Å². The SMILES string of the molecule is C=c1nc(NC(=N)C(Cl)(Cl)Cl)s/c1=C/C=C\CBr. The van der Waals surface area contributed by atoms with Crippen LogP contribution in [0.15, 0.2) is 12.2 Å². The largest absolute Gasteiger partial charge is 0.317 e. The monoisotopic (exact) mass is 387 g/mol. The standard InChI is InChI=1S/C10H9BrCl3N3S/c1-6-7(4-2-3-5-11)18-9(16-6)17-8(15)10(12,13)14/h2-4H,1,5H2,(H2,15,16,17)/b3-2-,7-4+. The summed E-state index contributed by atoms with van der Waals surface area (Å²) in [6.07, 6.45) is 5.71. The number of rotatable bonds is 3. The lowest BCUT2D eigenvalue weighted by Gasteiger charge is -2.11. The highest BCUT2D eigenvalue weighted by atomic mass is 79.9. The number of allylic oxidation sites excluding steroid dienone is 2. The summed E-state index contributed by atoms with van der Waals surface area (Å²) in [5.41, 5.74) is 0. The molecule has 0 saturated heterocycles. The zero-order valence-electron chi connectivity index (χ0n) is 9.01. The zero-order valence-corrected chi connectivity index (χ0v) is 13.7.